The van der Waals surface area contributed by atoms with Gasteiger partial charge in [-0.1, -0.05) is 45.1 Å². The van der Waals surface area contributed by atoms with Crippen molar-refractivity contribution in [3.8, 4) is 0 Å². The average molecular weight is 304 g/mol. The highest BCUT2D eigenvalue weighted by Gasteiger charge is 2.79. The molecule has 2 spiro atoms. The Bertz CT molecular complexity index is 477. The predicted molar refractivity (Wildman–Crippen MR) is 85.4 cm³/mol. The Morgan fingerprint density at radius 3 is 1.73 bits per heavy atom. The Balaban J connectivity index is 1.99. The first-order valence-corrected chi connectivity index (χ1v) is 8.83. The number of rotatable bonds is 2. The van der Waals surface area contributed by atoms with E-state index in [1.807, 2.05) is 6.92 Å². The molecule has 122 valence electrons. The van der Waals surface area contributed by atoms with Crippen molar-refractivity contribution in [2.24, 2.45) is 10.8 Å². The Morgan fingerprint density at radius 1 is 0.955 bits per heavy atom. The zero-order valence-electron chi connectivity index (χ0n) is 14.0. The Labute approximate surface area is 133 Å². The number of hydrogen-bond donors (Lipinski definition) is 0. The van der Waals surface area contributed by atoms with Crippen molar-refractivity contribution in [3.05, 3.63) is 12.2 Å². The lowest BCUT2D eigenvalue weighted by Crippen LogP contribution is -2.79. The lowest BCUT2D eigenvalue weighted by atomic mass is 9.36. The normalized spacial score (nSPS) is 28.2. The summed E-state index contributed by atoms with van der Waals surface area (Å²) >= 11 is 0. The third-order valence-corrected chi connectivity index (χ3v) is 6.76. The molecule has 0 aromatic carbocycles. The molecule has 0 aliphatic heterocycles. The third-order valence-electron chi connectivity index (χ3n) is 6.76. The van der Waals surface area contributed by atoms with Gasteiger partial charge in [0.15, 0.2) is 5.78 Å². The van der Waals surface area contributed by atoms with Crippen LogP contribution < -0.4 is 0 Å². The van der Waals surface area contributed by atoms with Crippen molar-refractivity contribution in [1.29, 1.82) is 0 Å². The van der Waals surface area contributed by atoms with Crippen molar-refractivity contribution in [2.75, 3.05) is 0 Å². The largest absolute Gasteiger partial charge is 0.454 e. The van der Waals surface area contributed by atoms with E-state index in [2.05, 4.69) is 6.58 Å². The minimum absolute atomic E-state index is 0.329. The first-order valence-electron chi connectivity index (χ1n) is 8.83. The van der Waals surface area contributed by atoms with Crippen molar-refractivity contribution >= 4 is 11.8 Å². The van der Waals surface area contributed by atoms with Gasteiger partial charge in [0.2, 0.25) is 0 Å². The second-order valence-electron chi connectivity index (χ2n) is 7.82. The lowest BCUT2D eigenvalue weighted by Gasteiger charge is -2.69. The highest BCUT2D eigenvalue weighted by Crippen LogP contribution is 2.70. The number of ether oxygens (including phenoxy) is 1. The van der Waals surface area contributed by atoms with Gasteiger partial charge in [0.05, 0.1) is 10.8 Å². The van der Waals surface area contributed by atoms with E-state index in [4.69, 9.17) is 4.74 Å². The first kappa shape index (κ1) is 15.8. The Morgan fingerprint density at radius 2 is 1.36 bits per heavy atom. The van der Waals surface area contributed by atoms with Crippen molar-refractivity contribution < 1.29 is 14.3 Å². The van der Waals surface area contributed by atoms with Gasteiger partial charge >= 0.3 is 5.97 Å². The molecule has 3 heteroatoms. The summed E-state index contributed by atoms with van der Waals surface area (Å²) in [4.78, 5) is 25.5. The third kappa shape index (κ3) is 1.80. The molecule has 0 amide bonds. The van der Waals surface area contributed by atoms with E-state index in [0.717, 1.165) is 51.4 Å². The van der Waals surface area contributed by atoms with Gasteiger partial charge in [-0.2, -0.15) is 0 Å². The molecule has 0 saturated heterocycles. The van der Waals surface area contributed by atoms with Crippen LogP contribution in [0.25, 0.3) is 0 Å². The van der Waals surface area contributed by atoms with E-state index in [1.165, 1.54) is 12.8 Å². The molecular formula is C19H28O3. The minimum Gasteiger partial charge on any atom is -0.454 e. The van der Waals surface area contributed by atoms with Crippen LogP contribution in [0.1, 0.15) is 78.1 Å². The standard InChI is InChI=1S/C19H28O3/c1-14(2)15(20)22-17(3)18(10-6-4-7-11-18)16(21)19(17)12-8-5-9-13-19/h1,4-13H2,2-3H3. The summed E-state index contributed by atoms with van der Waals surface area (Å²) < 4.78 is 6.03. The number of ketones is 1. The van der Waals surface area contributed by atoms with Crippen LogP contribution in [-0.2, 0) is 14.3 Å². The molecule has 3 fully saturated rings. The maximum absolute atomic E-state index is 13.3. The van der Waals surface area contributed by atoms with Gasteiger partial charge in [0.25, 0.3) is 0 Å². The molecule has 0 radical (unpaired) electrons. The van der Waals surface area contributed by atoms with Gasteiger partial charge in [-0.15, -0.1) is 0 Å². The average Bonchev–Trinajstić information content (AvgIpc) is 2.55. The molecule has 3 rings (SSSR count). The molecule has 0 atom stereocenters. The number of carbonyl (C=O) groups excluding carboxylic acids is 2. The number of esters is 1. The molecule has 3 aliphatic carbocycles. The molecule has 0 N–H and O–H groups in total. The van der Waals surface area contributed by atoms with Crippen LogP contribution in [0, 0.1) is 10.8 Å². The summed E-state index contributed by atoms with van der Waals surface area (Å²) in [5, 5.41) is 0. The number of Topliss-reactive ketones (excluding diaryl/α,β-unsaturated/α-hetero) is 1. The second-order valence-corrected chi connectivity index (χ2v) is 7.82. The van der Waals surface area contributed by atoms with Gasteiger partial charge in [-0.3, -0.25) is 4.79 Å². The molecule has 0 aromatic heterocycles. The molecule has 0 heterocycles. The van der Waals surface area contributed by atoms with Gasteiger partial charge in [-0.25, -0.2) is 4.79 Å². The molecule has 22 heavy (non-hydrogen) atoms. The fourth-order valence-electron chi connectivity index (χ4n) is 5.47. The van der Waals surface area contributed by atoms with Gasteiger partial charge in [-0.05, 0) is 39.5 Å². The topological polar surface area (TPSA) is 43.4 Å². The minimum atomic E-state index is -0.631. The molecular weight excluding hydrogens is 276 g/mol. The maximum Gasteiger partial charge on any atom is 0.333 e. The van der Waals surface area contributed by atoms with Crippen molar-refractivity contribution in [1.82, 2.24) is 0 Å². The first-order chi connectivity index (χ1) is 10.4. The van der Waals surface area contributed by atoms with Crippen molar-refractivity contribution in [2.45, 2.75) is 83.7 Å². The fraction of sp³-hybridized carbons (Fsp3) is 0.789. The smallest absolute Gasteiger partial charge is 0.333 e. The van der Waals surface area contributed by atoms with Gasteiger partial charge in [0, 0.05) is 5.57 Å². The van der Waals surface area contributed by atoms with E-state index < -0.39 is 16.4 Å². The summed E-state index contributed by atoms with van der Waals surface area (Å²) in [5.74, 6) is 0.0707. The highest BCUT2D eigenvalue weighted by atomic mass is 16.6. The number of hydrogen-bond acceptors (Lipinski definition) is 3. The lowest BCUT2D eigenvalue weighted by molar-refractivity contribution is -0.258. The Kier molecular flexibility index (Phi) is 3.73. The second kappa shape index (κ2) is 5.21. The molecule has 3 nitrogen and oxygen atoms in total. The van der Waals surface area contributed by atoms with Crippen molar-refractivity contribution in [3.63, 3.8) is 0 Å². The predicted octanol–water partition coefficient (Wildman–Crippen LogP) is 4.35. The summed E-state index contributed by atoms with van der Waals surface area (Å²) in [5.41, 5.74) is -1.05. The van der Waals surface area contributed by atoms with Crippen LogP contribution >= 0.6 is 0 Å². The highest BCUT2D eigenvalue weighted by molar-refractivity contribution is 6.02. The zero-order valence-corrected chi connectivity index (χ0v) is 14.0. The molecule has 0 aromatic rings. The number of carbonyl (C=O) groups is 2. The van der Waals surface area contributed by atoms with E-state index >= 15 is 0 Å². The van der Waals surface area contributed by atoms with E-state index in [9.17, 15) is 9.59 Å². The van der Waals surface area contributed by atoms with Crippen LogP contribution in [-0.4, -0.2) is 17.4 Å². The van der Waals surface area contributed by atoms with E-state index in [1.54, 1.807) is 6.92 Å². The van der Waals surface area contributed by atoms with Gasteiger partial charge in [0.1, 0.15) is 5.60 Å². The molecule has 3 saturated carbocycles. The fourth-order valence-corrected chi connectivity index (χ4v) is 5.47. The van der Waals surface area contributed by atoms with Crippen LogP contribution in [0.5, 0.6) is 0 Å². The van der Waals surface area contributed by atoms with Crippen LogP contribution in [0.2, 0.25) is 0 Å². The summed E-state index contributed by atoms with van der Waals surface area (Å²) in [6.07, 6.45) is 10.2. The van der Waals surface area contributed by atoms with Gasteiger partial charge < -0.3 is 4.74 Å². The van der Waals surface area contributed by atoms with Crippen LogP contribution in [0.15, 0.2) is 12.2 Å². The van der Waals surface area contributed by atoms with Crippen LogP contribution in [0.3, 0.4) is 0 Å². The maximum atomic E-state index is 13.3. The van der Waals surface area contributed by atoms with E-state index in [-0.39, 0.29) is 5.97 Å². The van der Waals surface area contributed by atoms with E-state index in [0.29, 0.717) is 11.4 Å². The zero-order chi connectivity index (χ0) is 16.0. The quantitative estimate of drug-likeness (QED) is 0.563. The summed E-state index contributed by atoms with van der Waals surface area (Å²) in [7, 11) is 0. The molecule has 0 bridgehead atoms. The molecule has 0 unspecified atom stereocenters. The summed E-state index contributed by atoms with van der Waals surface area (Å²) in [6.45, 7) is 7.46. The monoisotopic (exact) mass is 304 g/mol. The summed E-state index contributed by atoms with van der Waals surface area (Å²) in [6, 6.07) is 0. The SMILES string of the molecule is C=C(C)C(=O)OC1(C)C2(CCCCC2)C(=O)C12CCCCC2. The van der Waals surface area contributed by atoms with Crippen LogP contribution in [0.4, 0.5) is 0 Å². The Hall–Kier alpha value is -1.12. The molecule has 3 aliphatic rings.